The van der Waals surface area contributed by atoms with Crippen LogP contribution in [0, 0.1) is 11.8 Å². The molecule has 14 heavy (non-hydrogen) atoms. The molecule has 0 unspecified atom stereocenters. The normalized spacial score (nSPS) is 47.9. The van der Waals surface area contributed by atoms with Crippen molar-refractivity contribution in [3.8, 4) is 0 Å². The predicted molar refractivity (Wildman–Crippen MR) is 48.3 cm³/mol. The summed E-state index contributed by atoms with van der Waals surface area (Å²) in [5.41, 5.74) is -0.702. The van der Waals surface area contributed by atoms with Crippen LogP contribution in [0.5, 0.6) is 0 Å². The number of aliphatic hydroxyl groups is 1. The Morgan fingerprint density at radius 3 is 3.00 bits per heavy atom. The molecule has 2 rings (SSSR count). The van der Waals surface area contributed by atoms with Crippen molar-refractivity contribution in [3.05, 3.63) is 0 Å². The highest BCUT2D eigenvalue weighted by Crippen LogP contribution is 2.41. The highest BCUT2D eigenvalue weighted by atomic mass is 17.2. The lowest BCUT2D eigenvalue weighted by Crippen LogP contribution is -2.54. The van der Waals surface area contributed by atoms with Gasteiger partial charge in [-0.3, -0.25) is 4.79 Å². The molecular weight excluding hydrogens is 184 g/mol. The van der Waals surface area contributed by atoms with Crippen molar-refractivity contribution in [3.63, 3.8) is 0 Å². The molecule has 0 aromatic rings. The maximum absolute atomic E-state index is 11.6. The summed E-state index contributed by atoms with van der Waals surface area (Å²) in [4.78, 5) is 21.9. The van der Waals surface area contributed by atoms with Crippen LogP contribution in [0.25, 0.3) is 0 Å². The van der Waals surface area contributed by atoms with Gasteiger partial charge in [-0.1, -0.05) is 6.92 Å². The van der Waals surface area contributed by atoms with Crippen molar-refractivity contribution in [1.82, 2.24) is 0 Å². The van der Waals surface area contributed by atoms with Crippen molar-refractivity contribution in [2.24, 2.45) is 11.8 Å². The summed E-state index contributed by atoms with van der Waals surface area (Å²) in [6, 6.07) is 0. The van der Waals surface area contributed by atoms with Crippen LogP contribution >= 0.6 is 0 Å². The molecule has 2 aliphatic rings. The number of fused-ring (bicyclic) bond motifs is 2. The first-order valence-corrected chi connectivity index (χ1v) is 5.05. The molecule has 2 fully saturated rings. The van der Waals surface area contributed by atoms with Gasteiger partial charge in [-0.25, -0.2) is 9.78 Å². The second-order valence-electron chi connectivity index (χ2n) is 4.58. The summed E-state index contributed by atoms with van der Waals surface area (Å²) in [6.45, 7) is 3.55. The van der Waals surface area contributed by atoms with E-state index in [4.69, 9.17) is 9.78 Å². The molecule has 0 spiro atoms. The van der Waals surface area contributed by atoms with Gasteiger partial charge in [-0.05, 0) is 13.3 Å². The first kappa shape index (κ1) is 10.1. The second kappa shape index (κ2) is 3.29. The van der Waals surface area contributed by atoms with Gasteiger partial charge >= 0.3 is 0 Å². The first-order valence-electron chi connectivity index (χ1n) is 5.05. The van der Waals surface area contributed by atoms with Gasteiger partial charge in [-0.2, -0.15) is 0 Å². The van der Waals surface area contributed by atoms with Gasteiger partial charge in [0, 0.05) is 18.3 Å². The standard InChI is InChI=1S/C10H16O4/c1-6-8(12)3-7-4-9(6)13-14-10(7,2)5-11/h6-7,9,11H,3-5H2,1-2H3/t6-,7+,9+,10-/m1/s1. The average molecular weight is 200 g/mol. The van der Waals surface area contributed by atoms with E-state index < -0.39 is 5.60 Å². The van der Waals surface area contributed by atoms with E-state index in [0.717, 1.165) is 6.42 Å². The summed E-state index contributed by atoms with van der Waals surface area (Å²) < 4.78 is 0. The second-order valence-corrected chi connectivity index (χ2v) is 4.58. The van der Waals surface area contributed by atoms with E-state index in [-0.39, 0.29) is 30.3 Å². The molecule has 0 amide bonds. The number of hydrogen-bond acceptors (Lipinski definition) is 4. The van der Waals surface area contributed by atoms with Crippen molar-refractivity contribution in [1.29, 1.82) is 0 Å². The molecule has 0 radical (unpaired) electrons. The number of ketones is 1. The smallest absolute Gasteiger partial charge is 0.138 e. The summed E-state index contributed by atoms with van der Waals surface area (Å²) in [5, 5.41) is 9.20. The molecule has 4 atom stereocenters. The monoisotopic (exact) mass is 200 g/mol. The molecule has 1 N–H and O–H groups in total. The van der Waals surface area contributed by atoms with E-state index >= 15 is 0 Å². The van der Waals surface area contributed by atoms with E-state index in [1.54, 1.807) is 6.92 Å². The van der Waals surface area contributed by atoms with E-state index in [1.165, 1.54) is 0 Å². The fourth-order valence-corrected chi connectivity index (χ4v) is 2.19. The quantitative estimate of drug-likeness (QED) is 0.632. The molecule has 1 aliphatic heterocycles. The maximum Gasteiger partial charge on any atom is 0.138 e. The Bertz CT molecular complexity index is 253. The largest absolute Gasteiger partial charge is 0.393 e. The van der Waals surface area contributed by atoms with Gasteiger partial charge < -0.3 is 5.11 Å². The van der Waals surface area contributed by atoms with Gasteiger partial charge in [0.05, 0.1) is 6.61 Å². The molecule has 1 saturated carbocycles. The van der Waals surface area contributed by atoms with Crippen LogP contribution in [-0.4, -0.2) is 29.2 Å². The van der Waals surface area contributed by atoms with Crippen molar-refractivity contribution >= 4 is 5.78 Å². The van der Waals surface area contributed by atoms with Crippen LogP contribution in [0.2, 0.25) is 0 Å². The van der Waals surface area contributed by atoms with Crippen LogP contribution in [0.3, 0.4) is 0 Å². The lowest BCUT2D eigenvalue weighted by atomic mass is 9.72. The van der Waals surface area contributed by atoms with Crippen molar-refractivity contribution in [2.75, 3.05) is 6.61 Å². The molecule has 0 aromatic heterocycles. The zero-order valence-electron chi connectivity index (χ0n) is 8.53. The van der Waals surface area contributed by atoms with Gasteiger partial charge in [-0.15, -0.1) is 0 Å². The minimum absolute atomic E-state index is 0.0745. The minimum Gasteiger partial charge on any atom is -0.393 e. The number of carbonyl (C=O) groups is 1. The SMILES string of the molecule is C[C@@H]1C(=O)C[C@H]2C[C@@H]1OO[C@]2(C)CO. The number of hydrogen-bond donors (Lipinski definition) is 1. The summed E-state index contributed by atoms with van der Waals surface area (Å²) >= 11 is 0. The Morgan fingerprint density at radius 1 is 1.64 bits per heavy atom. The van der Waals surface area contributed by atoms with Crippen molar-refractivity contribution in [2.45, 2.75) is 38.4 Å². The summed E-state index contributed by atoms with van der Waals surface area (Å²) in [7, 11) is 0. The molecule has 1 aliphatic carbocycles. The van der Waals surface area contributed by atoms with Crippen molar-refractivity contribution < 1.29 is 19.7 Å². The van der Waals surface area contributed by atoms with Gasteiger partial charge in [0.25, 0.3) is 0 Å². The molecular formula is C10H16O4. The van der Waals surface area contributed by atoms with Crippen LogP contribution in [0.1, 0.15) is 26.7 Å². The zero-order chi connectivity index (χ0) is 10.3. The molecule has 0 aromatic carbocycles. The number of rotatable bonds is 1. The van der Waals surface area contributed by atoms with Gasteiger partial charge in [0.15, 0.2) is 0 Å². The Balaban J connectivity index is 2.18. The molecule has 2 bridgehead atoms. The Hall–Kier alpha value is -0.450. The average Bonchev–Trinajstić information content (AvgIpc) is 2.19. The lowest BCUT2D eigenvalue weighted by Gasteiger charge is -2.46. The third-order valence-corrected chi connectivity index (χ3v) is 3.57. The third-order valence-electron chi connectivity index (χ3n) is 3.57. The van der Waals surface area contributed by atoms with E-state index in [2.05, 4.69) is 0 Å². The van der Waals surface area contributed by atoms with Crippen LogP contribution < -0.4 is 0 Å². The van der Waals surface area contributed by atoms with E-state index in [1.807, 2.05) is 6.92 Å². The van der Waals surface area contributed by atoms with Crippen LogP contribution in [0.15, 0.2) is 0 Å². The Morgan fingerprint density at radius 2 is 2.36 bits per heavy atom. The summed E-state index contributed by atoms with van der Waals surface area (Å²) in [5.74, 6) is 0.235. The third kappa shape index (κ3) is 1.38. The molecule has 4 heteroatoms. The van der Waals surface area contributed by atoms with E-state index in [0.29, 0.717) is 6.42 Å². The molecule has 4 nitrogen and oxygen atoms in total. The topological polar surface area (TPSA) is 55.8 Å². The highest BCUT2D eigenvalue weighted by Gasteiger charge is 2.49. The van der Waals surface area contributed by atoms with E-state index in [9.17, 15) is 9.90 Å². The maximum atomic E-state index is 11.6. The Labute approximate surface area is 83.1 Å². The Kier molecular flexibility index (Phi) is 2.37. The van der Waals surface area contributed by atoms with Crippen LogP contribution in [-0.2, 0) is 14.6 Å². The molecule has 1 saturated heterocycles. The minimum atomic E-state index is -0.702. The first-order chi connectivity index (χ1) is 6.57. The fraction of sp³-hybridized carbons (Fsp3) is 0.900. The number of aliphatic hydroxyl groups excluding tert-OH is 1. The van der Waals surface area contributed by atoms with Gasteiger partial charge in [0.1, 0.15) is 17.5 Å². The molecule has 80 valence electrons. The highest BCUT2D eigenvalue weighted by molar-refractivity contribution is 5.82. The molecule has 1 heterocycles. The predicted octanol–water partition coefficient (Wildman–Crippen LogP) is 0.683. The van der Waals surface area contributed by atoms with Crippen LogP contribution in [0.4, 0.5) is 0 Å². The fourth-order valence-electron chi connectivity index (χ4n) is 2.19. The zero-order valence-corrected chi connectivity index (χ0v) is 8.53. The van der Waals surface area contributed by atoms with Gasteiger partial charge in [0.2, 0.25) is 0 Å². The number of carbonyl (C=O) groups excluding carboxylic acids is 1. The lowest BCUT2D eigenvalue weighted by molar-refractivity contribution is -0.431. The number of Topliss-reactive ketones (excluding diaryl/α,β-unsaturated/α-hetero) is 1. The summed E-state index contributed by atoms with van der Waals surface area (Å²) in [6.07, 6.45) is 1.18.